The summed E-state index contributed by atoms with van der Waals surface area (Å²) in [5.74, 6) is -0.157. The fourth-order valence-corrected chi connectivity index (χ4v) is 3.12. The van der Waals surface area contributed by atoms with Crippen LogP contribution in [-0.4, -0.2) is 33.1 Å². The summed E-state index contributed by atoms with van der Waals surface area (Å²) in [5.41, 5.74) is 2.15. The third-order valence-electron chi connectivity index (χ3n) is 4.54. The van der Waals surface area contributed by atoms with Gasteiger partial charge in [0.05, 0.1) is 30.0 Å². The normalized spacial score (nSPS) is 11.0. The van der Waals surface area contributed by atoms with Crippen LogP contribution in [0.1, 0.15) is 30.2 Å². The van der Waals surface area contributed by atoms with Gasteiger partial charge in [-0.05, 0) is 44.2 Å². The van der Waals surface area contributed by atoms with E-state index in [1.165, 1.54) is 0 Å². The van der Waals surface area contributed by atoms with E-state index in [0.717, 1.165) is 0 Å². The number of aromatic nitrogens is 3. The van der Waals surface area contributed by atoms with Gasteiger partial charge in [0, 0.05) is 11.7 Å². The SMILES string of the molecule is CC(C)n1ncc2c(C(=O)NCC(=O)Nc3ccccc3)cc(-c3ccco3)nc21. The van der Waals surface area contributed by atoms with Crippen molar-refractivity contribution in [3.8, 4) is 11.5 Å². The number of carbonyl (C=O) groups is 2. The largest absolute Gasteiger partial charge is 0.463 e. The number of furan rings is 1. The van der Waals surface area contributed by atoms with E-state index in [-0.39, 0.29) is 24.4 Å². The van der Waals surface area contributed by atoms with Gasteiger partial charge in [0.25, 0.3) is 5.91 Å². The number of hydrogen-bond acceptors (Lipinski definition) is 5. The lowest BCUT2D eigenvalue weighted by Gasteiger charge is -2.10. The van der Waals surface area contributed by atoms with E-state index >= 15 is 0 Å². The molecule has 1 aromatic carbocycles. The summed E-state index contributed by atoms with van der Waals surface area (Å²) in [6, 6.07) is 14.3. The molecule has 0 unspecified atom stereocenters. The summed E-state index contributed by atoms with van der Waals surface area (Å²) >= 11 is 0. The molecule has 0 radical (unpaired) electrons. The lowest BCUT2D eigenvalue weighted by molar-refractivity contribution is -0.115. The molecule has 0 aliphatic heterocycles. The maximum absolute atomic E-state index is 12.9. The van der Waals surface area contributed by atoms with Crippen LogP contribution in [0.25, 0.3) is 22.5 Å². The second kappa shape index (κ2) is 8.20. The van der Waals surface area contributed by atoms with Crippen molar-refractivity contribution in [3.05, 3.63) is 66.6 Å². The standard InChI is InChI=1S/C22H21N5O3/c1-14(2)27-21-17(12-24-27)16(11-18(26-21)19-9-6-10-30-19)22(29)23-13-20(28)25-15-7-4-3-5-8-15/h3-12,14H,13H2,1-2H3,(H,23,29)(H,25,28). The molecule has 0 bridgehead atoms. The second-order valence-corrected chi connectivity index (χ2v) is 7.05. The minimum absolute atomic E-state index is 0.0643. The van der Waals surface area contributed by atoms with Crippen LogP contribution >= 0.6 is 0 Å². The predicted octanol–water partition coefficient (Wildman–Crippen LogP) is 3.64. The molecule has 0 atom stereocenters. The number of hydrogen-bond donors (Lipinski definition) is 2. The van der Waals surface area contributed by atoms with Gasteiger partial charge < -0.3 is 15.1 Å². The Labute approximate surface area is 172 Å². The quantitative estimate of drug-likeness (QED) is 0.512. The van der Waals surface area contributed by atoms with Crippen molar-refractivity contribution in [2.45, 2.75) is 19.9 Å². The van der Waals surface area contributed by atoms with Crippen LogP contribution in [0.2, 0.25) is 0 Å². The average molecular weight is 403 g/mol. The molecule has 4 aromatic rings. The number of nitrogens with zero attached hydrogens (tertiary/aromatic N) is 3. The fourth-order valence-electron chi connectivity index (χ4n) is 3.12. The highest BCUT2D eigenvalue weighted by molar-refractivity contribution is 6.07. The number of anilines is 1. The zero-order valence-electron chi connectivity index (χ0n) is 16.6. The van der Waals surface area contributed by atoms with Gasteiger partial charge >= 0.3 is 0 Å². The van der Waals surface area contributed by atoms with Crippen molar-refractivity contribution in [2.75, 3.05) is 11.9 Å². The van der Waals surface area contributed by atoms with Gasteiger partial charge in [-0.15, -0.1) is 0 Å². The molecule has 2 amide bonds. The van der Waals surface area contributed by atoms with Crippen LogP contribution in [0.4, 0.5) is 5.69 Å². The molecule has 0 fully saturated rings. The van der Waals surface area contributed by atoms with Gasteiger partial charge in [-0.1, -0.05) is 18.2 Å². The Bertz CT molecular complexity index is 1180. The number of benzene rings is 1. The first kappa shape index (κ1) is 19.4. The van der Waals surface area contributed by atoms with Crippen molar-refractivity contribution >= 4 is 28.5 Å². The smallest absolute Gasteiger partial charge is 0.252 e. The lowest BCUT2D eigenvalue weighted by Crippen LogP contribution is -2.33. The summed E-state index contributed by atoms with van der Waals surface area (Å²) in [4.78, 5) is 29.8. The molecule has 3 heterocycles. The third-order valence-corrected chi connectivity index (χ3v) is 4.54. The Hall–Kier alpha value is -3.94. The zero-order chi connectivity index (χ0) is 21.1. The number of carbonyl (C=O) groups excluding carboxylic acids is 2. The molecule has 0 aliphatic rings. The summed E-state index contributed by atoms with van der Waals surface area (Å²) in [5, 5.41) is 10.4. The second-order valence-electron chi connectivity index (χ2n) is 7.05. The minimum Gasteiger partial charge on any atom is -0.463 e. The molecule has 0 saturated carbocycles. The van der Waals surface area contributed by atoms with Crippen LogP contribution in [0.3, 0.4) is 0 Å². The minimum atomic E-state index is -0.387. The molecule has 0 saturated heterocycles. The molecule has 30 heavy (non-hydrogen) atoms. The van der Waals surface area contributed by atoms with Gasteiger partial charge in [0.1, 0.15) is 5.69 Å². The first-order valence-corrected chi connectivity index (χ1v) is 9.58. The van der Waals surface area contributed by atoms with Crippen LogP contribution in [-0.2, 0) is 4.79 Å². The fraction of sp³-hybridized carbons (Fsp3) is 0.182. The van der Waals surface area contributed by atoms with Crippen molar-refractivity contribution in [1.82, 2.24) is 20.1 Å². The first-order valence-electron chi connectivity index (χ1n) is 9.58. The van der Waals surface area contributed by atoms with E-state index in [0.29, 0.717) is 33.7 Å². The molecule has 0 aliphatic carbocycles. The maximum atomic E-state index is 12.9. The van der Waals surface area contributed by atoms with Crippen LogP contribution < -0.4 is 10.6 Å². The van der Waals surface area contributed by atoms with E-state index in [2.05, 4.69) is 20.7 Å². The number of pyridine rings is 1. The number of rotatable bonds is 6. The molecule has 8 nitrogen and oxygen atoms in total. The molecule has 2 N–H and O–H groups in total. The molecule has 8 heteroatoms. The number of fused-ring (bicyclic) bond motifs is 1. The molecule has 4 rings (SSSR count). The Morgan fingerprint density at radius 1 is 1.13 bits per heavy atom. The molecule has 3 aromatic heterocycles. The molecule has 152 valence electrons. The van der Waals surface area contributed by atoms with E-state index in [1.54, 1.807) is 47.5 Å². The average Bonchev–Trinajstić information content (AvgIpc) is 3.42. The van der Waals surface area contributed by atoms with E-state index in [1.807, 2.05) is 32.0 Å². The van der Waals surface area contributed by atoms with E-state index < -0.39 is 0 Å². The predicted molar refractivity (Wildman–Crippen MR) is 113 cm³/mol. The number of amides is 2. The van der Waals surface area contributed by atoms with Gasteiger partial charge in [-0.25, -0.2) is 9.67 Å². The van der Waals surface area contributed by atoms with Crippen LogP contribution in [0, 0.1) is 0 Å². The van der Waals surface area contributed by atoms with Gasteiger partial charge in [0.15, 0.2) is 11.4 Å². The van der Waals surface area contributed by atoms with Crippen molar-refractivity contribution < 1.29 is 14.0 Å². The van der Waals surface area contributed by atoms with Crippen molar-refractivity contribution in [2.24, 2.45) is 0 Å². The molecule has 0 spiro atoms. The molecular weight excluding hydrogens is 382 g/mol. The van der Waals surface area contributed by atoms with Gasteiger partial charge in [-0.2, -0.15) is 5.10 Å². The summed E-state index contributed by atoms with van der Waals surface area (Å²) in [6.07, 6.45) is 3.17. The summed E-state index contributed by atoms with van der Waals surface area (Å²) < 4.78 is 7.21. The number of nitrogens with one attached hydrogen (secondary N) is 2. The topological polar surface area (TPSA) is 102 Å². The summed E-state index contributed by atoms with van der Waals surface area (Å²) in [7, 11) is 0. The van der Waals surface area contributed by atoms with Crippen molar-refractivity contribution in [3.63, 3.8) is 0 Å². The Kier molecular flexibility index (Phi) is 5.30. The monoisotopic (exact) mass is 403 g/mol. The zero-order valence-corrected chi connectivity index (χ0v) is 16.6. The highest BCUT2D eigenvalue weighted by Gasteiger charge is 2.19. The lowest BCUT2D eigenvalue weighted by atomic mass is 10.1. The third kappa shape index (κ3) is 3.93. The Morgan fingerprint density at radius 3 is 2.63 bits per heavy atom. The Morgan fingerprint density at radius 2 is 1.93 bits per heavy atom. The van der Waals surface area contributed by atoms with E-state index in [9.17, 15) is 9.59 Å². The highest BCUT2D eigenvalue weighted by Crippen LogP contribution is 2.26. The number of para-hydroxylation sites is 1. The Balaban J connectivity index is 1.60. The highest BCUT2D eigenvalue weighted by atomic mass is 16.3. The van der Waals surface area contributed by atoms with Gasteiger partial charge in [-0.3, -0.25) is 9.59 Å². The molecular formula is C22H21N5O3. The van der Waals surface area contributed by atoms with E-state index in [4.69, 9.17) is 4.42 Å². The summed E-state index contributed by atoms with van der Waals surface area (Å²) in [6.45, 7) is 3.81. The van der Waals surface area contributed by atoms with Crippen molar-refractivity contribution in [1.29, 1.82) is 0 Å². The van der Waals surface area contributed by atoms with Gasteiger partial charge in [0.2, 0.25) is 5.91 Å². The van der Waals surface area contributed by atoms with Crippen LogP contribution in [0.5, 0.6) is 0 Å². The van der Waals surface area contributed by atoms with Crippen LogP contribution in [0.15, 0.2) is 65.4 Å². The first-order chi connectivity index (χ1) is 14.5. The maximum Gasteiger partial charge on any atom is 0.252 e.